The Morgan fingerprint density at radius 2 is 2.00 bits per heavy atom. The van der Waals surface area contributed by atoms with Crippen LogP contribution in [0.15, 0.2) is 42.0 Å². The van der Waals surface area contributed by atoms with E-state index < -0.39 is 0 Å². The highest BCUT2D eigenvalue weighted by Gasteiger charge is 2.26. The van der Waals surface area contributed by atoms with Crippen LogP contribution in [0.3, 0.4) is 0 Å². The van der Waals surface area contributed by atoms with Gasteiger partial charge in [-0.1, -0.05) is 17.7 Å². The monoisotopic (exact) mass is 340 g/mol. The number of phenolic OH excluding ortho intramolecular Hbond substituents is 2. The number of aromatic hydroxyl groups is 2. The molecule has 0 fully saturated rings. The van der Waals surface area contributed by atoms with Gasteiger partial charge in [0.25, 0.3) is 0 Å². The van der Waals surface area contributed by atoms with E-state index in [1.165, 1.54) is 5.57 Å². The van der Waals surface area contributed by atoms with Crippen LogP contribution in [-0.4, -0.2) is 17.3 Å². The van der Waals surface area contributed by atoms with Crippen molar-refractivity contribution in [3.05, 3.63) is 58.7 Å². The van der Waals surface area contributed by atoms with Gasteiger partial charge in [-0.2, -0.15) is 0 Å². The number of hydrogen-bond donors (Lipinski definition) is 2. The van der Waals surface area contributed by atoms with E-state index in [4.69, 9.17) is 9.47 Å². The first-order valence-electron chi connectivity index (χ1n) is 8.50. The predicted molar refractivity (Wildman–Crippen MR) is 97.6 cm³/mol. The maximum atomic E-state index is 10.3. The third kappa shape index (κ3) is 3.58. The summed E-state index contributed by atoms with van der Waals surface area (Å²) < 4.78 is 11.4. The van der Waals surface area contributed by atoms with E-state index >= 15 is 0 Å². The zero-order valence-corrected chi connectivity index (χ0v) is 14.9. The second kappa shape index (κ2) is 7.09. The third-order valence-corrected chi connectivity index (χ3v) is 4.55. The number of phenols is 2. The van der Waals surface area contributed by atoms with Crippen molar-refractivity contribution in [1.82, 2.24) is 0 Å². The fourth-order valence-corrected chi connectivity index (χ4v) is 3.14. The molecule has 1 aliphatic heterocycles. The van der Waals surface area contributed by atoms with E-state index in [9.17, 15) is 10.2 Å². The number of rotatable bonds is 4. The molecule has 0 radical (unpaired) electrons. The lowest BCUT2D eigenvalue weighted by Crippen LogP contribution is -2.16. The van der Waals surface area contributed by atoms with Gasteiger partial charge >= 0.3 is 0 Å². The maximum absolute atomic E-state index is 10.3. The largest absolute Gasteiger partial charge is 0.508 e. The van der Waals surface area contributed by atoms with Crippen molar-refractivity contribution in [1.29, 1.82) is 0 Å². The summed E-state index contributed by atoms with van der Waals surface area (Å²) in [6, 6.07) is 8.91. The highest BCUT2D eigenvalue weighted by atomic mass is 16.5. The normalized spacial score (nSPS) is 15.9. The molecule has 4 nitrogen and oxygen atoms in total. The van der Waals surface area contributed by atoms with Gasteiger partial charge in [0.1, 0.15) is 29.1 Å². The van der Waals surface area contributed by atoms with Crippen LogP contribution in [0.1, 0.15) is 43.1 Å². The van der Waals surface area contributed by atoms with Gasteiger partial charge in [-0.05, 0) is 56.9 Å². The molecule has 0 saturated heterocycles. The molecule has 0 saturated carbocycles. The van der Waals surface area contributed by atoms with Crippen LogP contribution in [0.4, 0.5) is 0 Å². The third-order valence-electron chi connectivity index (χ3n) is 4.55. The van der Waals surface area contributed by atoms with Crippen LogP contribution < -0.4 is 9.47 Å². The molecule has 0 aliphatic carbocycles. The molecule has 4 heteroatoms. The average Bonchev–Trinajstić information content (AvgIpc) is 2.60. The molecule has 0 amide bonds. The molecule has 0 bridgehead atoms. The topological polar surface area (TPSA) is 58.9 Å². The lowest BCUT2D eigenvalue weighted by molar-refractivity contribution is 0.170. The summed E-state index contributed by atoms with van der Waals surface area (Å²) in [6.07, 6.45) is 4.07. The van der Waals surface area contributed by atoms with E-state index in [1.54, 1.807) is 19.2 Å². The molecule has 1 atom stereocenters. The SMILES string of the molecule is COc1ccc([C@@H]2CCc3ccc(O)c(CC=C(C)C)c3O2)c(O)c1. The van der Waals surface area contributed by atoms with E-state index in [1.807, 2.05) is 32.0 Å². The van der Waals surface area contributed by atoms with Crippen LogP contribution in [0.5, 0.6) is 23.0 Å². The quantitative estimate of drug-likeness (QED) is 0.793. The maximum Gasteiger partial charge on any atom is 0.130 e. The zero-order valence-electron chi connectivity index (χ0n) is 14.9. The molecule has 1 aliphatic rings. The van der Waals surface area contributed by atoms with Gasteiger partial charge in [0.15, 0.2) is 0 Å². The Morgan fingerprint density at radius 3 is 2.68 bits per heavy atom. The van der Waals surface area contributed by atoms with Gasteiger partial charge in [0.05, 0.1) is 7.11 Å². The molecule has 0 unspecified atom stereocenters. The van der Waals surface area contributed by atoms with Gasteiger partial charge in [-0.25, -0.2) is 0 Å². The lowest BCUT2D eigenvalue weighted by atomic mass is 9.93. The van der Waals surface area contributed by atoms with Crippen molar-refractivity contribution < 1.29 is 19.7 Å². The minimum absolute atomic E-state index is 0.166. The van der Waals surface area contributed by atoms with Crippen molar-refractivity contribution >= 4 is 0 Å². The summed E-state index contributed by atoms with van der Waals surface area (Å²) in [7, 11) is 1.57. The van der Waals surface area contributed by atoms with E-state index in [2.05, 4.69) is 6.08 Å². The van der Waals surface area contributed by atoms with E-state index in [0.29, 0.717) is 12.2 Å². The fourth-order valence-electron chi connectivity index (χ4n) is 3.14. The molecule has 1 heterocycles. The molecular formula is C21H24O4. The van der Waals surface area contributed by atoms with Crippen LogP contribution in [-0.2, 0) is 12.8 Å². The first kappa shape index (κ1) is 17.2. The number of benzene rings is 2. The first-order valence-corrected chi connectivity index (χ1v) is 8.50. The van der Waals surface area contributed by atoms with Crippen molar-refractivity contribution in [2.75, 3.05) is 7.11 Å². The van der Waals surface area contributed by atoms with E-state index in [0.717, 1.165) is 35.3 Å². The summed E-state index contributed by atoms with van der Waals surface area (Å²) in [5.41, 5.74) is 3.83. The molecule has 2 N–H and O–H groups in total. The zero-order chi connectivity index (χ0) is 18.0. The molecule has 25 heavy (non-hydrogen) atoms. The Bertz CT molecular complexity index is 804. The Labute approximate surface area is 148 Å². The number of fused-ring (bicyclic) bond motifs is 1. The fraction of sp³-hybridized carbons (Fsp3) is 0.333. The Balaban J connectivity index is 1.94. The molecule has 0 aromatic heterocycles. The van der Waals surface area contributed by atoms with Gasteiger partial charge in [0, 0.05) is 17.2 Å². The second-order valence-electron chi connectivity index (χ2n) is 6.61. The summed E-state index contributed by atoms with van der Waals surface area (Å²) >= 11 is 0. The average molecular weight is 340 g/mol. The van der Waals surface area contributed by atoms with Gasteiger partial charge < -0.3 is 19.7 Å². The minimum atomic E-state index is -0.245. The molecular weight excluding hydrogens is 316 g/mol. The standard InChI is InChI=1S/C21H24O4/c1-13(2)4-8-17-18(22)10-5-14-6-11-20(25-21(14)17)16-9-7-15(24-3)12-19(16)23/h4-5,7,9-10,12,20,22-23H,6,8,11H2,1-3H3/t20-/m0/s1. The van der Waals surface area contributed by atoms with Crippen molar-refractivity contribution in [3.63, 3.8) is 0 Å². The minimum Gasteiger partial charge on any atom is -0.508 e. The smallest absolute Gasteiger partial charge is 0.130 e. The molecule has 2 aromatic rings. The van der Waals surface area contributed by atoms with E-state index in [-0.39, 0.29) is 17.6 Å². The first-order chi connectivity index (χ1) is 12.0. The Morgan fingerprint density at radius 1 is 1.20 bits per heavy atom. The van der Waals surface area contributed by atoms with Gasteiger partial charge in [-0.15, -0.1) is 0 Å². The summed E-state index contributed by atoms with van der Waals surface area (Å²) in [6.45, 7) is 4.07. The Hall–Kier alpha value is -2.62. The predicted octanol–water partition coefficient (Wildman–Crippen LogP) is 4.68. The molecule has 132 valence electrons. The number of aryl methyl sites for hydroxylation is 1. The van der Waals surface area contributed by atoms with Crippen LogP contribution >= 0.6 is 0 Å². The van der Waals surface area contributed by atoms with Gasteiger partial charge in [0.2, 0.25) is 0 Å². The lowest BCUT2D eigenvalue weighted by Gasteiger charge is -2.29. The number of methoxy groups -OCH3 is 1. The second-order valence-corrected chi connectivity index (χ2v) is 6.61. The summed E-state index contributed by atoms with van der Waals surface area (Å²) in [5, 5.41) is 20.6. The molecule has 3 rings (SSSR count). The van der Waals surface area contributed by atoms with Crippen LogP contribution in [0.25, 0.3) is 0 Å². The number of hydrogen-bond acceptors (Lipinski definition) is 4. The summed E-state index contributed by atoms with van der Waals surface area (Å²) in [5.74, 6) is 1.76. The van der Waals surface area contributed by atoms with Gasteiger partial charge in [-0.3, -0.25) is 0 Å². The van der Waals surface area contributed by atoms with Crippen molar-refractivity contribution in [3.8, 4) is 23.0 Å². The summed E-state index contributed by atoms with van der Waals surface area (Å²) in [4.78, 5) is 0. The van der Waals surface area contributed by atoms with Crippen LogP contribution in [0.2, 0.25) is 0 Å². The molecule has 2 aromatic carbocycles. The number of allylic oxidation sites excluding steroid dienone is 2. The Kier molecular flexibility index (Phi) is 4.88. The number of ether oxygens (including phenoxy) is 2. The van der Waals surface area contributed by atoms with Crippen LogP contribution in [0, 0.1) is 0 Å². The van der Waals surface area contributed by atoms with Crippen molar-refractivity contribution in [2.45, 2.75) is 39.2 Å². The molecule has 0 spiro atoms. The van der Waals surface area contributed by atoms with Crippen molar-refractivity contribution in [2.24, 2.45) is 0 Å². The highest BCUT2D eigenvalue weighted by molar-refractivity contribution is 5.52. The highest BCUT2D eigenvalue weighted by Crippen LogP contribution is 2.43.